The summed E-state index contributed by atoms with van der Waals surface area (Å²) in [5.41, 5.74) is -2.24. The van der Waals surface area contributed by atoms with Crippen molar-refractivity contribution in [2.75, 3.05) is 7.11 Å². The zero-order valence-corrected chi connectivity index (χ0v) is 16.9. The number of rotatable bonds is 4. The predicted molar refractivity (Wildman–Crippen MR) is 111 cm³/mol. The van der Waals surface area contributed by atoms with Gasteiger partial charge in [0.1, 0.15) is 22.9 Å². The molecule has 0 aliphatic carbocycles. The lowest BCUT2D eigenvalue weighted by molar-refractivity contribution is -0.152. The number of hydrogen-bond donors (Lipinski definition) is 0. The Morgan fingerprint density at radius 1 is 0.970 bits per heavy atom. The Morgan fingerprint density at radius 2 is 1.73 bits per heavy atom. The molecule has 0 aliphatic heterocycles. The Hall–Kier alpha value is -4.14. The van der Waals surface area contributed by atoms with Crippen LogP contribution in [0.2, 0.25) is 0 Å². The van der Waals surface area contributed by atoms with Gasteiger partial charge in [-0.05, 0) is 36.4 Å². The highest BCUT2D eigenvalue weighted by molar-refractivity contribution is 5.92. The minimum Gasteiger partial charge on any atom is -0.496 e. The highest BCUT2D eigenvalue weighted by Gasteiger charge is 2.40. The normalized spacial score (nSPS) is 11.4. The third-order valence-corrected chi connectivity index (χ3v) is 4.77. The van der Waals surface area contributed by atoms with E-state index in [2.05, 4.69) is 0 Å². The number of carbonyl (C=O) groups is 1. The lowest BCUT2D eigenvalue weighted by atomic mass is 10.0. The molecule has 0 atom stereocenters. The molecule has 4 aromatic rings. The van der Waals surface area contributed by atoms with Gasteiger partial charge < -0.3 is 13.9 Å². The second-order valence-corrected chi connectivity index (χ2v) is 6.89. The quantitative estimate of drug-likeness (QED) is 0.218. The van der Waals surface area contributed by atoms with E-state index in [9.17, 15) is 27.2 Å². The van der Waals surface area contributed by atoms with Crippen LogP contribution in [0.1, 0.15) is 16.1 Å². The number of benzene rings is 3. The van der Waals surface area contributed by atoms with Gasteiger partial charge in [-0.25, -0.2) is 9.18 Å². The lowest BCUT2D eigenvalue weighted by Gasteiger charge is -2.15. The third-order valence-electron chi connectivity index (χ3n) is 4.77. The summed E-state index contributed by atoms with van der Waals surface area (Å²) in [5, 5.41) is -0.158. The monoisotopic (exact) mass is 458 g/mol. The number of ether oxygens (including phenoxy) is 2. The van der Waals surface area contributed by atoms with Crippen molar-refractivity contribution >= 4 is 16.9 Å². The van der Waals surface area contributed by atoms with Crippen LogP contribution >= 0.6 is 0 Å². The summed E-state index contributed by atoms with van der Waals surface area (Å²) in [7, 11) is 1.27. The Kier molecular flexibility index (Phi) is 5.63. The summed E-state index contributed by atoms with van der Waals surface area (Å²) in [6.07, 6.45) is -5.00. The fourth-order valence-corrected chi connectivity index (χ4v) is 3.31. The molecule has 0 aliphatic rings. The Morgan fingerprint density at radius 3 is 2.42 bits per heavy atom. The molecule has 0 N–H and O–H groups in total. The van der Waals surface area contributed by atoms with E-state index < -0.39 is 40.3 Å². The van der Waals surface area contributed by atoms with Crippen LogP contribution < -0.4 is 14.9 Å². The topological polar surface area (TPSA) is 65.7 Å². The zero-order chi connectivity index (χ0) is 23.8. The average molecular weight is 458 g/mol. The van der Waals surface area contributed by atoms with Crippen molar-refractivity contribution in [2.45, 2.75) is 6.18 Å². The number of para-hydroxylation sites is 1. The maximum Gasteiger partial charge on any atom is 0.450 e. The van der Waals surface area contributed by atoms with Crippen LogP contribution in [0.3, 0.4) is 0 Å². The molecule has 0 saturated carbocycles. The molecule has 3 aromatic carbocycles. The predicted octanol–water partition coefficient (Wildman–Crippen LogP) is 5.85. The molecule has 168 valence electrons. The standard InChI is InChI=1S/C24H14F4O5/c1-31-18-8-3-2-7-16(18)20-21(29)17-10-9-15(12-19(17)33-22(20)24(26,27)28)32-23(30)13-5-4-6-14(25)11-13/h2-12H,1H3. The molecule has 1 aromatic heterocycles. The van der Waals surface area contributed by atoms with Gasteiger partial charge in [-0.15, -0.1) is 0 Å². The number of carbonyl (C=O) groups excluding carboxylic acids is 1. The minimum atomic E-state index is -5.00. The molecular formula is C24H14F4O5. The summed E-state index contributed by atoms with van der Waals surface area (Å²) < 4.78 is 70.2. The van der Waals surface area contributed by atoms with Gasteiger partial charge in [-0.2, -0.15) is 13.2 Å². The number of fused-ring (bicyclic) bond motifs is 1. The van der Waals surface area contributed by atoms with Gasteiger partial charge in [0.25, 0.3) is 0 Å². The minimum absolute atomic E-state index is 0.0651. The molecule has 0 saturated heterocycles. The van der Waals surface area contributed by atoms with Gasteiger partial charge >= 0.3 is 12.1 Å². The van der Waals surface area contributed by atoms with Crippen molar-refractivity contribution in [3.63, 3.8) is 0 Å². The van der Waals surface area contributed by atoms with Crippen LogP contribution in [0.25, 0.3) is 22.1 Å². The average Bonchev–Trinajstić information content (AvgIpc) is 2.78. The van der Waals surface area contributed by atoms with Gasteiger partial charge in [0.2, 0.25) is 11.2 Å². The van der Waals surface area contributed by atoms with Crippen molar-refractivity contribution in [3.8, 4) is 22.6 Å². The smallest absolute Gasteiger partial charge is 0.450 e. The summed E-state index contributed by atoms with van der Waals surface area (Å²) >= 11 is 0. The van der Waals surface area contributed by atoms with Gasteiger partial charge in [0.15, 0.2) is 0 Å². The first kappa shape index (κ1) is 22.1. The number of alkyl halides is 3. The molecule has 0 unspecified atom stereocenters. The van der Waals surface area contributed by atoms with Crippen LogP contribution in [-0.4, -0.2) is 13.1 Å². The Labute approximate surface area is 183 Å². The fourth-order valence-electron chi connectivity index (χ4n) is 3.31. The van der Waals surface area contributed by atoms with E-state index in [-0.39, 0.29) is 28.0 Å². The number of hydrogen-bond acceptors (Lipinski definition) is 5. The second-order valence-electron chi connectivity index (χ2n) is 6.89. The third kappa shape index (κ3) is 4.30. The van der Waals surface area contributed by atoms with Crippen molar-refractivity contribution in [1.29, 1.82) is 0 Å². The zero-order valence-electron chi connectivity index (χ0n) is 16.9. The molecule has 0 radical (unpaired) electrons. The van der Waals surface area contributed by atoms with Crippen LogP contribution in [0.4, 0.5) is 17.6 Å². The summed E-state index contributed by atoms with van der Waals surface area (Å²) in [6, 6.07) is 13.9. The van der Waals surface area contributed by atoms with Gasteiger partial charge in [0, 0.05) is 11.6 Å². The number of esters is 1. The van der Waals surface area contributed by atoms with E-state index in [1.807, 2.05) is 0 Å². The second kappa shape index (κ2) is 8.42. The highest BCUT2D eigenvalue weighted by atomic mass is 19.4. The first-order chi connectivity index (χ1) is 15.7. The fraction of sp³-hybridized carbons (Fsp3) is 0.0833. The van der Waals surface area contributed by atoms with E-state index >= 15 is 0 Å². The molecule has 1 heterocycles. The molecule has 33 heavy (non-hydrogen) atoms. The van der Waals surface area contributed by atoms with E-state index in [4.69, 9.17) is 13.9 Å². The molecule has 0 bridgehead atoms. The summed E-state index contributed by atoms with van der Waals surface area (Å²) in [6.45, 7) is 0. The maximum atomic E-state index is 13.9. The van der Waals surface area contributed by atoms with Crippen LogP contribution in [0.15, 0.2) is 75.9 Å². The Bertz CT molecular complexity index is 1420. The van der Waals surface area contributed by atoms with E-state index in [0.29, 0.717) is 0 Å². The van der Waals surface area contributed by atoms with Crippen molar-refractivity contribution in [2.24, 2.45) is 0 Å². The molecular weight excluding hydrogens is 444 g/mol. The van der Waals surface area contributed by atoms with Crippen LogP contribution in [0.5, 0.6) is 11.5 Å². The first-order valence-corrected chi connectivity index (χ1v) is 9.48. The molecule has 0 fully saturated rings. The number of methoxy groups -OCH3 is 1. The Balaban J connectivity index is 1.85. The molecule has 5 nitrogen and oxygen atoms in total. The van der Waals surface area contributed by atoms with Crippen LogP contribution in [0, 0.1) is 5.82 Å². The maximum absolute atomic E-state index is 13.9. The first-order valence-electron chi connectivity index (χ1n) is 9.48. The number of halogens is 4. The van der Waals surface area contributed by atoms with Crippen molar-refractivity contribution in [1.82, 2.24) is 0 Å². The molecule has 9 heteroatoms. The van der Waals surface area contributed by atoms with Crippen molar-refractivity contribution < 1.29 is 36.2 Å². The van der Waals surface area contributed by atoms with Crippen LogP contribution in [-0.2, 0) is 6.18 Å². The molecule has 0 amide bonds. The van der Waals surface area contributed by atoms with E-state index in [0.717, 1.165) is 18.2 Å². The molecule has 4 rings (SSSR count). The van der Waals surface area contributed by atoms with Gasteiger partial charge in [0.05, 0.1) is 23.6 Å². The van der Waals surface area contributed by atoms with Gasteiger partial charge in [-0.1, -0.05) is 24.3 Å². The lowest BCUT2D eigenvalue weighted by Crippen LogP contribution is -2.16. The van der Waals surface area contributed by atoms with E-state index in [1.54, 1.807) is 6.07 Å². The van der Waals surface area contributed by atoms with Crippen molar-refractivity contribution in [3.05, 3.63) is 94.1 Å². The van der Waals surface area contributed by atoms with Gasteiger partial charge in [-0.3, -0.25) is 4.79 Å². The summed E-state index contributed by atoms with van der Waals surface area (Å²) in [5.74, 6) is -3.22. The van der Waals surface area contributed by atoms with E-state index in [1.165, 1.54) is 49.6 Å². The largest absolute Gasteiger partial charge is 0.496 e. The molecule has 0 spiro atoms. The highest BCUT2D eigenvalue weighted by Crippen LogP contribution is 2.40. The SMILES string of the molecule is COc1ccccc1-c1c(C(F)(F)F)oc2cc(OC(=O)c3cccc(F)c3)ccc2c1=O. The summed E-state index contributed by atoms with van der Waals surface area (Å²) in [4.78, 5) is 25.3.